The number of carbonyl (C=O) groups is 1. The molecular weight excluding hydrogens is 251 g/mol. The number of rotatable bonds is 0. The molecule has 3 N–H and O–H groups in total. The average Bonchev–Trinajstić information content (AvgIpc) is 2.08. The number of benzene rings is 1. The summed E-state index contributed by atoms with van der Waals surface area (Å²) in [5, 5.41) is 2.63. The molecule has 1 aliphatic heterocycles. The van der Waals surface area contributed by atoms with Crippen LogP contribution in [0.3, 0.4) is 0 Å². The molecule has 5 heteroatoms. The largest absolute Gasteiger partial charge is 0.323 e. The molecule has 1 unspecified atom stereocenters. The van der Waals surface area contributed by atoms with E-state index in [1.54, 1.807) is 0 Å². The van der Waals surface area contributed by atoms with Crippen LogP contribution in [-0.4, -0.2) is 11.9 Å². The number of anilines is 1. The van der Waals surface area contributed by atoms with E-state index in [1.807, 2.05) is 0 Å². The van der Waals surface area contributed by atoms with Crippen LogP contribution in [0.15, 0.2) is 16.6 Å². The van der Waals surface area contributed by atoms with Crippen LogP contribution in [0.5, 0.6) is 0 Å². The minimum atomic E-state index is -0.587. The summed E-state index contributed by atoms with van der Waals surface area (Å²) >= 11 is 3.18. The van der Waals surface area contributed by atoms with Crippen molar-refractivity contribution in [1.82, 2.24) is 0 Å². The molecule has 0 aromatic heterocycles. The Morgan fingerprint density at radius 3 is 3.00 bits per heavy atom. The van der Waals surface area contributed by atoms with Gasteiger partial charge in [-0.3, -0.25) is 4.79 Å². The van der Waals surface area contributed by atoms with Crippen molar-refractivity contribution >= 4 is 27.5 Å². The van der Waals surface area contributed by atoms with Gasteiger partial charge in [0, 0.05) is 4.47 Å². The van der Waals surface area contributed by atoms with Gasteiger partial charge in [0.05, 0.1) is 11.7 Å². The molecule has 3 nitrogen and oxygen atoms in total. The van der Waals surface area contributed by atoms with Crippen molar-refractivity contribution in [2.24, 2.45) is 5.73 Å². The van der Waals surface area contributed by atoms with Crippen LogP contribution in [0.4, 0.5) is 10.1 Å². The van der Waals surface area contributed by atoms with Crippen LogP contribution in [0, 0.1) is 5.82 Å². The highest BCUT2D eigenvalue weighted by molar-refractivity contribution is 9.10. The predicted octanol–water partition coefficient (Wildman–Crippen LogP) is 1.41. The normalized spacial score (nSPS) is 20.2. The van der Waals surface area contributed by atoms with Crippen LogP contribution in [0.2, 0.25) is 0 Å². The number of carbonyl (C=O) groups excluding carboxylic acids is 1. The second-order valence-electron chi connectivity index (χ2n) is 3.22. The number of hydrogen-bond acceptors (Lipinski definition) is 2. The quantitative estimate of drug-likeness (QED) is 0.740. The molecule has 0 fully saturated rings. The van der Waals surface area contributed by atoms with E-state index in [4.69, 9.17) is 5.73 Å². The molecule has 14 heavy (non-hydrogen) atoms. The lowest BCUT2D eigenvalue weighted by atomic mass is 10.00. The molecule has 0 aliphatic carbocycles. The second-order valence-corrected chi connectivity index (χ2v) is 4.08. The zero-order chi connectivity index (χ0) is 10.3. The average molecular weight is 259 g/mol. The van der Waals surface area contributed by atoms with Gasteiger partial charge in [-0.1, -0.05) is 0 Å². The summed E-state index contributed by atoms with van der Waals surface area (Å²) < 4.78 is 13.5. The van der Waals surface area contributed by atoms with E-state index >= 15 is 0 Å². The van der Waals surface area contributed by atoms with Gasteiger partial charge in [0.15, 0.2) is 0 Å². The van der Waals surface area contributed by atoms with Crippen LogP contribution >= 0.6 is 15.9 Å². The first-order chi connectivity index (χ1) is 6.58. The maximum Gasteiger partial charge on any atom is 0.241 e. The molecule has 2 rings (SSSR count). The maximum absolute atomic E-state index is 13.0. The molecule has 74 valence electrons. The molecule has 1 aromatic carbocycles. The highest BCUT2D eigenvalue weighted by atomic mass is 79.9. The minimum absolute atomic E-state index is 0.232. The van der Waals surface area contributed by atoms with Crippen molar-refractivity contribution < 1.29 is 9.18 Å². The van der Waals surface area contributed by atoms with Crippen LogP contribution < -0.4 is 11.1 Å². The van der Waals surface area contributed by atoms with E-state index < -0.39 is 6.04 Å². The Bertz CT molecular complexity index is 408. The van der Waals surface area contributed by atoms with Crippen molar-refractivity contribution in [3.63, 3.8) is 0 Å². The Morgan fingerprint density at radius 1 is 1.57 bits per heavy atom. The third-order valence-corrected chi connectivity index (χ3v) is 2.79. The van der Waals surface area contributed by atoms with Gasteiger partial charge in [0.2, 0.25) is 5.91 Å². The Kier molecular flexibility index (Phi) is 2.28. The Balaban J connectivity index is 2.51. The van der Waals surface area contributed by atoms with E-state index in [0.29, 0.717) is 16.6 Å². The van der Waals surface area contributed by atoms with E-state index in [1.165, 1.54) is 12.1 Å². The molecular formula is C9H8BrFN2O. The van der Waals surface area contributed by atoms with Gasteiger partial charge < -0.3 is 11.1 Å². The van der Waals surface area contributed by atoms with Crippen LogP contribution in [0.25, 0.3) is 0 Å². The fraction of sp³-hybridized carbons (Fsp3) is 0.222. The Labute approximate surface area is 88.6 Å². The first-order valence-corrected chi connectivity index (χ1v) is 4.91. The Morgan fingerprint density at radius 2 is 2.29 bits per heavy atom. The molecule has 0 bridgehead atoms. The highest BCUT2D eigenvalue weighted by Crippen LogP contribution is 2.31. The summed E-state index contributed by atoms with van der Waals surface area (Å²) in [6, 6.07) is 2.12. The molecule has 0 spiro atoms. The van der Waals surface area contributed by atoms with Crippen molar-refractivity contribution in [2.75, 3.05) is 5.32 Å². The summed E-state index contributed by atoms with van der Waals surface area (Å²) in [5.41, 5.74) is 6.89. The van der Waals surface area contributed by atoms with E-state index in [2.05, 4.69) is 21.2 Å². The molecule has 0 saturated carbocycles. The second kappa shape index (κ2) is 3.33. The van der Waals surface area contributed by atoms with Gasteiger partial charge in [0.1, 0.15) is 5.82 Å². The molecule has 1 heterocycles. The van der Waals surface area contributed by atoms with Gasteiger partial charge >= 0.3 is 0 Å². The number of nitrogens with two attached hydrogens (primary N) is 1. The summed E-state index contributed by atoms with van der Waals surface area (Å²) in [7, 11) is 0. The summed E-state index contributed by atoms with van der Waals surface area (Å²) in [6.07, 6.45) is 0.373. The lowest BCUT2D eigenvalue weighted by Crippen LogP contribution is -2.41. The number of amides is 1. The molecule has 0 radical (unpaired) electrons. The topological polar surface area (TPSA) is 55.1 Å². The molecule has 1 amide bonds. The SMILES string of the molecule is NC1Cc2cc(F)cc(Br)c2NC1=O. The zero-order valence-electron chi connectivity index (χ0n) is 7.18. The van der Waals surface area contributed by atoms with Gasteiger partial charge in [0.25, 0.3) is 0 Å². The number of hydrogen-bond donors (Lipinski definition) is 2. The van der Waals surface area contributed by atoms with Gasteiger partial charge in [-0.05, 0) is 40.0 Å². The van der Waals surface area contributed by atoms with Crippen molar-refractivity contribution in [2.45, 2.75) is 12.5 Å². The fourth-order valence-electron chi connectivity index (χ4n) is 1.47. The minimum Gasteiger partial charge on any atom is -0.323 e. The van der Waals surface area contributed by atoms with E-state index in [0.717, 1.165) is 5.56 Å². The van der Waals surface area contributed by atoms with Crippen molar-refractivity contribution in [3.05, 3.63) is 28.0 Å². The van der Waals surface area contributed by atoms with E-state index in [-0.39, 0.29) is 11.7 Å². The van der Waals surface area contributed by atoms with Crippen LogP contribution in [-0.2, 0) is 11.2 Å². The zero-order valence-corrected chi connectivity index (χ0v) is 8.77. The summed E-state index contributed by atoms with van der Waals surface area (Å²) in [6.45, 7) is 0. The fourth-order valence-corrected chi connectivity index (χ4v) is 2.05. The number of nitrogens with one attached hydrogen (secondary N) is 1. The summed E-state index contributed by atoms with van der Waals surface area (Å²) in [5.74, 6) is -0.566. The third kappa shape index (κ3) is 1.53. The standard InChI is InChI=1S/C9H8BrFN2O/c10-6-3-5(11)1-4-2-7(12)9(14)13-8(4)6/h1,3,7H,2,12H2,(H,13,14). The lowest BCUT2D eigenvalue weighted by Gasteiger charge is -2.22. The smallest absolute Gasteiger partial charge is 0.241 e. The van der Waals surface area contributed by atoms with Crippen molar-refractivity contribution in [3.8, 4) is 0 Å². The first-order valence-electron chi connectivity index (χ1n) is 4.12. The lowest BCUT2D eigenvalue weighted by molar-refractivity contribution is -0.117. The van der Waals surface area contributed by atoms with Crippen LogP contribution in [0.1, 0.15) is 5.56 Å². The van der Waals surface area contributed by atoms with Crippen molar-refractivity contribution in [1.29, 1.82) is 0 Å². The molecule has 0 saturated heterocycles. The van der Waals surface area contributed by atoms with Gasteiger partial charge in [-0.15, -0.1) is 0 Å². The Hall–Kier alpha value is -0.940. The predicted molar refractivity (Wildman–Crippen MR) is 54.4 cm³/mol. The molecule has 1 aromatic rings. The first kappa shape index (κ1) is 9.61. The maximum atomic E-state index is 13.0. The number of fused-ring (bicyclic) bond motifs is 1. The highest BCUT2D eigenvalue weighted by Gasteiger charge is 2.24. The van der Waals surface area contributed by atoms with Gasteiger partial charge in [-0.25, -0.2) is 4.39 Å². The number of halogens is 2. The monoisotopic (exact) mass is 258 g/mol. The molecule has 1 atom stereocenters. The van der Waals surface area contributed by atoms with Gasteiger partial charge in [-0.2, -0.15) is 0 Å². The molecule has 1 aliphatic rings. The third-order valence-electron chi connectivity index (χ3n) is 2.16. The summed E-state index contributed by atoms with van der Waals surface area (Å²) in [4.78, 5) is 11.2. The van der Waals surface area contributed by atoms with E-state index in [9.17, 15) is 9.18 Å².